The van der Waals surface area contributed by atoms with Crippen LogP contribution in [-0.4, -0.2) is 5.78 Å². The molecule has 0 aliphatic carbocycles. The maximum absolute atomic E-state index is 12.9. The molecule has 23 heavy (non-hydrogen) atoms. The molecule has 2 heteroatoms. The minimum Gasteiger partial charge on any atom is -0.463 e. The fourth-order valence-electron chi connectivity index (χ4n) is 2.83. The number of fused-ring (bicyclic) bond motifs is 1. The Labute approximate surface area is 134 Å². The Morgan fingerprint density at radius 3 is 2.30 bits per heavy atom. The Balaban J connectivity index is 1.90. The second kappa shape index (κ2) is 5.58. The molecule has 1 heterocycles. The molecule has 4 aromatic rings. The molecule has 0 fully saturated rings. The van der Waals surface area contributed by atoms with Crippen molar-refractivity contribution in [1.82, 2.24) is 0 Å². The molecule has 1 aromatic heterocycles. The molecular formula is C21H14O2. The van der Waals surface area contributed by atoms with Crippen molar-refractivity contribution in [2.45, 2.75) is 0 Å². The third-order valence-corrected chi connectivity index (χ3v) is 3.96. The fourth-order valence-corrected chi connectivity index (χ4v) is 2.83. The molecule has 0 atom stereocenters. The number of carbonyl (C=O) groups is 1. The van der Waals surface area contributed by atoms with Gasteiger partial charge in [-0.25, -0.2) is 0 Å². The van der Waals surface area contributed by atoms with Crippen LogP contribution >= 0.6 is 0 Å². The Kier molecular flexibility index (Phi) is 3.28. The monoisotopic (exact) mass is 298 g/mol. The van der Waals surface area contributed by atoms with Gasteiger partial charge in [-0.3, -0.25) is 4.79 Å². The highest BCUT2D eigenvalue weighted by Gasteiger charge is 2.17. The quantitative estimate of drug-likeness (QED) is 0.478. The average Bonchev–Trinajstić information content (AvgIpc) is 3.06. The van der Waals surface area contributed by atoms with Gasteiger partial charge in [0.2, 0.25) is 0 Å². The van der Waals surface area contributed by atoms with Gasteiger partial charge in [0.05, 0.1) is 6.26 Å². The van der Waals surface area contributed by atoms with Crippen molar-refractivity contribution in [3.05, 3.63) is 96.3 Å². The van der Waals surface area contributed by atoms with E-state index in [1.165, 1.54) is 0 Å². The van der Waals surface area contributed by atoms with Crippen molar-refractivity contribution < 1.29 is 9.21 Å². The van der Waals surface area contributed by atoms with Crippen LogP contribution in [-0.2, 0) is 0 Å². The van der Waals surface area contributed by atoms with E-state index >= 15 is 0 Å². The normalized spacial score (nSPS) is 10.8. The van der Waals surface area contributed by atoms with E-state index in [0.29, 0.717) is 11.1 Å². The molecule has 0 saturated carbocycles. The summed E-state index contributed by atoms with van der Waals surface area (Å²) in [6.07, 6.45) is 1.73. The van der Waals surface area contributed by atoms with Gasteiger partial charge in [-0.1, -0.05) is 78.9 Å². The first-order valence-electron chi connectivity index (χ1n) is 7.50. The molecule has 0 bridgehead atoms. The number of carbonyl (C=O) groups excluding carboxylic acids is 1. The van der Waals surface area contributed by atoms with Gasteiger partial charge < -0.3 is 4.42 Å². The smallest absolute Gasteiger partial charge is 0.193 e. The number of furan rings is 1. The molecule has 0 aliphatic rings. The highest BCUT2D eigenvalue weighted by molar-refractivity contribution is 6.14. The standard InChI is InChI=1S/C21H14O2/c22-20(15-8-2-1-3-9-15)18-12-6-7-13-19(18)21-17-11-5-4-10-16(17)14-23-21/h1-14H. The van der Waals surface area contributed by atoms with Gasteiger partial charge in [0.1, 0.15) is 5.76 Å². The Bertz CT molecular complexity index is 981. The van der Waals surface area contributed by atoms with E-state index in [0.717, 1.165) is 22.1 Å². The molecule has 4 rings (SSSR count). The molecular weight excluding hydrogens is 284 g/mol. The lowest BCUT2D eigenvalue weighted by Gasteiger charge is -2.07. The zero-order chi connectivity index (χ0) is 15.6. The number of ketones is 1. The summed E-state index contributed by atoms with van der Waals surface area (Å²) in [4.78, 5) is 12.9. The second-order valence-electron chi connectivity index (χ2n) is 5.39. The zero-order valence-corrected chi connectivity index (χ0v) is 12.4. The topological polar surface area (TPSA) is 30.2 Å². The third kappa shape index (κ3) is 2.34. The molecule has 0 radical (unpaired) electrons. The van der Waals surface area contributed by atoms with Crippen molar-refractivity contribution in [2.24, 2.45) is 0 Å². The Morgan fingerprint density at radius 2 is 1.43 bits per heavy atom. The van der Waals surface area contributed by atoms with E-state index in [2.05, 4.69) is 0 Å². The van der Waals surface area contributed by atoms with E-state index in [9.17, 15) is 4.79 Å². The van der Waals surface area contributed by atoms with Crippen molar-refractivity contribution >= 4 is 16.6 Å². The van der Waals surface area contributed by atoms with Crippen LogP contribution in [0.25, 0.3) is 22.1 Å². The van der Waals surface area contributed by atoms with E-state index < -0.39 is 0 Å². The molecule has 0 N–H and O–H groups in total. The van der Waals surface area contributed by atoms with E-state index in [4.69, 9.17) is 4.42 Å². The predicted molar refractivity (Wildman–Crippen MR) is 91.5 cm³/mol. The van der Waals surface area contributed by atoms with Crippen LogP contribution in [0.3, 0.4) is 0 Å². The number of benzene rings is 3. The zero-order valence-electron chi connectivity index (χ0n) is 12.4. The summed E-state index contributed by atoms with van der Waals surface area (Å²) in [6.45, 7) is 0. The number of hydrogen-bond donors (Lipinski definition) is 0. The van der Waals surface area contributed by atoms with Gasteiger partial charge in [0.25, 0.3) is 0 Å². The minimum absolute atomic E-state index is 0.00156. The first kappa shape index (κ1) is 13.5. The summed E-state index contributed by atoms with van der Waals surface area (Å²) in [7, 11) is 0. The van der Waals surface area contributed by atoms with Crippen LogP contribution in [0.5, 0.6) is 0 Å². The van der Waals surface area contributed by atoms with E-state index in [-0.39, 0.29) is 5.78 Å². The molecule has 3 aromatic carbocycles. The van der Waals surface area contributed by atoms with Crippen LogP contribution in [0, 0.1) is 0 Å². The van der Waals surface area contributed by atoms with Gasteiger partial charge in [0.15, 0.2) is 5.78 Å². The Morgan fingerprint density at radius 1 is 0.739 bits per heavy atom. The number of rotatable bonds is 3. The molecule has 2 nitrogen and oxygen atoms in total. The molecule has 0 saturated heterocycles. The lowest BCUT2D eigenvalue weighted by molar-refractivity contribution is 0.103. The predicted octanol–water partition coefficient (Wildman–Crippen LogP) is 5.33. The van der Waals surface area contributed by atoms with Crippen LogP contribution in [0.1, 0.15) is 15.9 Å². The Hall–Kier alpha value is -3.13. The maximum Gasteiger partial charge on any atom is 0.193 e. The lowest BCUT2D eigenvalue weighted by Crippen LogP contribution is -2.03. The largest absolute Gasteiger partial charge is 0.463 e. The minimum atomic E-state index is 0.00156. The highest BCUT2D eigenvalue weighted by Crippen LogP contribution is 2.33. The molecule has 0 amide bonds. The first-order chi connectivity index (χ1) is 11.3. The number of hydrogen-bond acceptors (Lipinski definition) is 2. The molecule has 0 spiro atoms. The van der Waals surface area contributed by atoms with Crippen molar-refractivity contribution in [3.63, 3.8) is 0 Å². The van der Waals surface area contributed by atoms with E-state index in [1.807, 2.05) is 78.9 Å². The van der Waals surface area contributed by atoms with Crippen molar-refractivity contribution in [3.8, 4) is 11.3 Å². The lowest BCUT2D eigenvalue weighted by atomic mass is 9.96. The fraction of sp³-hybridized carbons (Fsp3) is 0. The maximum atomic E-state index is 12.9. The van der Waals surface area contributed by atoms with Gasteiger partial charge in [-0.15, -0.1) is 0 Å². The van der Waals surface area contributed by atoms with E-state index in [1.54, 1.807) is 6.26 Å². The van der Waals surface area contributed by atoms with Gasteiger partial charge in [-0.05, 0) is 0 Å². The summed E-state index contributed by atoms with van der Waals surface area (Å²) in [5, 5.41) is 2.05. The summed E-state index contributed by atoms with van der Waals surface area (Å²) in [5.74, 6) is 0.738. The SMILES string of the molecule is O=C(c1ccccc1)c1ccccc1-c1occ2ccccc12. The van der Waals surface area contributed by atoms with Crippen LogP contribution in [0.15, 0.2) is 89.5 Å². The second-order valence-corrected chi connectivity index (χ2v) is 5.39. The molecule has 110 valence electrons. The highest BCUT2D eigenvalue weighted by atomic mass is 16.3. The van der Waals surface area contributed by atoms with Gasteiger partial charge in [0, 0.05) is 27.5 Å². The van der Waals surface area contributed by atoms with Crippen LogP contribution in [0.2, 0.25) is 0 Å². The van der Waals surface area contributed by atoms with Gasteiger partial charge in [-0.2, -0.15) is 0 Å². The molecule has 0 aliphatic heterocycles. The first-order valence-corrected chi connectivity index (χ1v) is 7.50. The van der Waals surface area contributed by atoms with Crippen LogP contribution in [0.4, 0.5) is 0 Å². The van der Waals surface area contributed by atoms with Crippen molar-refractivity contribution in [1.29, 1.82) is 0 Å². The van der Waals surface area contributed by atoms with Crippen LogP contribution < -0.4 is 0 Å². The summed E-state index contributed by atoms with van der Waals surface area (Å²) in [5.41, 5.74) is 2.15. The summed E-state index contributed by atoms with van der Waals surface area (Å²) >= 11 is 0. The summed E-state index contributed by atoms with van der Waals surface area (Å²) in [6, 6.07) is 24.9. The van der Waals surface area contributed by atoms with Gasteiger partial charge >= 0.3 is 0 Å². The third-order valence-electron chi connectivity index (χ3n) is 3.96. The average molecular weight is 298 g/mol. The van der Waals surface area contributed by atoms with Crippen molar-refractivity contribution in [2.75, 3.05) is 0 Å². The summed E-state index contributed by atoms with van der Waals surface area (Å²) < 4.78 is 5.78. The molecule has 0 unspecified atom stereocenters.